The van der Waals surface area contributed by atoms with Gasteiger partial charge in [0.15, 0.2) is 17.2 Å². The van der Waals surface area contributed by atoms with Gasteiger partial charge in [0.1, 0.15) is 6.61 Å². The third-order valence-electron chi connectivity index (χ3n) is 2.56. The minimum absolute atomic E-state index is 0.0333. The van der Waals surface area contributed by atoms with Crippen LogP contribution < -0.4 is 9.47 Å². The van der Waals surface area contributed by atoms with E-state index in [1.54, 1.807) is 43.4 Å². The number of halogens is 5. The maximum Gasteiger partial charge on any atom is 0.434 e. The summed E-state index contributed by atoms with van der Waals surface area (Å²) in [6.07, 6.45) is -4.57. The summed E-state index contributed by atoms with van der Waals surface area (Å²) < 4.78 is 50.0. The fourth-order valence-corrected chi connectivity index (χ4v) is 2.59. The van der Waals surface area contributed by atoms with Crippen LogP contribution in [0.2, 0.25) is 0 Å². The molecule has 0 aliphatic heterocycles. The fraction of sp³-hybridized carbons (Fsp3) is 0.615. The van der Waals surface area contributed by atoms with Crippen LogP contribution in [0.25, 0.3) is 0 Å². The van der Waals surface area contributed by atoms with Gasteiger partial charge in [0.2, 0.25) is 0 Å². The maximum absolute atomic E-state index is 13.2. The minimum Gasteiger partial charge on any atom is -0.491 e. The summed E-state index contributed by atoms with van der Waals surface area (Å²) >= 11 is 7.12. The molecule has 1 aromatic heterocycles. The van der Waals surface area contributed by atoms with E-state index in [-0.39, 0.29) is 33.3 Å². The van der Waals surface area contributed by atoms with Gasteiger partial charge in [-0.3, -0.25) is 0 Å². The number of hydrogen-bond donors (Lipinski definition) is 0. The van der Waals surface area contributed by atoms with Gasteiger partial charge in [-0.1, -0.05) is 20.8 Å². The van der Waals surface area contributed by atoms with E-state index < -0.39 is 17.3 Å². The summed E-state index contributed by atoms with van der Waals surface area (Å²) in [4.78, 5) is 3.78. The Kier molecular flexibility index (Phi) is 5.99. The number of aromatic nitrogens is 1. The van der Waals surface area contributed by atoms with Crippen molar-refractivity contribution in [1.29, 1.82) is 0 Å². The van der Waals surface area contributed by atoms with Gasteiger partial charge in [-0.05, 0) is 22.6 Å². The smallest absolute Gasteiger partial charge is 0.434 e. The first-order valence-electron chi connectivity index (χ1n) is 6.08. The Morgan fingerprint density at radius 1 is 1.14 bits per heavy atom. The second-order valence-corrected chi connectivity index (χ2v) is 6.73. The summed E-state index contributed by atoms with van der Waals surface area (Å²) in [7, 11) is 1.38. The number of methoxy groups -OCH3 is 1. The monoisotopic (exact) mass is 437 g/mol. The molecule has 1 rings (SSSR count). The van der Waals surface area contributed by atoms with Crippen molar-refractivity contribution in [2.75, 3.05) is 19.6 Å². The topological polar surface area (TPSA) is 31.4 Å². The Labute approximate surface area is 140 Å². The molecule has 21 heavy (non-hydrogen) atoms. The molecule has 0 radical (unpaired) electrons. The predicted molar refractivity (Wildman–Crippen MR) is 83.4 cm³/mol. The van der Waals surface area contributed by atoms with E-state index in [4.69, 9.17) is 21.1 Å². The van der Waals surface area contributed by atoms with E-state index in [9.17, 15) is 13.2 Å². The van der Waals surface area contributed by atoms with Gasteiger partial charge >= 0.3 is 6.18 Å². The molecule has 0 aliphatic carbocycles. The van der Waals surface area contributed by atoms with Crippen LogP contribution in [0, 0.1) is 3.57 Å². The van der Waals surface area contributed by atoms with Crippen LogP contribution in [0.5, 0.6) is 11.5 Å². The van der Waals surface area contributed by atoms with Crippen molar-refractivity contribution in [2.24, 2.45) is 0 Å². The van der Waals surface area contributed by atoms with E-state index in [0.717, 1.165) is 0 Å². The van der Waals surface area contributed by atoms with E-state index >= 15 is 0 Å². The third kappa shape index (κ3) is 4.28. The summed E-state index contributed by atoms with van der Waals surface area (Å²) in [5, 5.41) is 0. The number of rotatable bonds is 4. The van der Waals surface area contributed by atoms with Gasteiger partial charge in [0.05, 0.1) is 22.3 Å². The third-order valence-corrected chi connectivity index (χ3v) is 3.71. The molecule has 0 fully saturated rings. The first-order chi connectivity index (χ1) is 9.54. The van der Waals surface area contributed by atoms with Crippen LogP contribution >= 0.6 is 34.2 Å². The lowest BCUT2D eigenvalue weighted by molar-refractivity contribution is -0.142. The molecule has 0 amide bonds. The van der Waals surface area contributed by atoms with Gasteiger partial charge in [-0.2, -0.15) is 13.2 Å². The highest BCUT2D eigenvalue weighted by atomic mass is 127. The second kappa shape index (κ2) is 6.76. The van der Waals surface area contributed by atoms with Crippen LogP contribution in [0.3, 0.4) is 0 Å². The molecule has 1 aromatic rings. The van der Waals surface area contributed by atoms with Crippen molar-refractivity contribution in [2.45, 2.75) is 32.4 Å². The standard InChI is InChI=1S/C13H16ClF3INO2/c1-12(2,3)11-9(20-4)8(21-6-5-14)7(18)10(19-11)13(15,16)17/h5-6H2,1-4H3. The zero-order valence-corrected chi connectivity index (χ0v) is 15.0. The lowest BCUT2D eigenvalue weighted by Crippen LogP contribution is -2.22. The molecule has 0 saturated carbocycles. The maximum atomic E-state index is 13.2. The predicted octanol–water partition coefficient (Wildman–Crippen LogP) is 4.63. The number of nitrogens with zero attached hydrogens (tertiary/aromatic N) is 1. The highest BCUT2D eigenvalue weighted by Gasteiger charge is 2.40. The molecule has 0 aliphatic rings. The summed E-state index contributed by atoms with van der Waals surface area (Å²) in [6, 6.07) is 0. The van der Waals surface area contributed by atoms with Crippen molar-refractivity contribution in [3.8, 4) is 11.5 Å². The Morgan fingerprint density at radius 2 is 1.71 bits per heavy atom. The lowest BCUT2D eigenvalue weighted by Gasteiger charge is -2.25. The lowest BCUT2D eigenvalue weighted by atomic mass is 9.90. The summed E-state index contributed by atoms with van der Waals surface area (Å²) in [5.41, 5.74) is -1.41. The quantitative estimate of drug-likeness (QED) is 0.508. The van der Waals surface area contributed by atoms with Crippen LogP contribution in [0.15, 0.2) is 0 Å². The summed E-state index contributed by atoms with van der Waals surface area (Å²) in [5.74, 6) is 0.407. The van der Waals surface area contributed by atoms with Gasteiger partial charge in [-0.25, -0.2) is 4.98 Å². The Balaban J connectivity index is 3.66. The number of ether oxygens (including phenoxy) is 2. The first-order valence-corrected chi connectivity index (χ1v) is 7.69. The molecule has 0 bridgehead atoms. The van der Waals surface area contributed by atoms with Crippen LogP contribution in [-0.4, -0.2) is 24.6 Å². The van der Waals surface area contributed by atoms with Crippen molar-refractivity contribution in [3.05, 3.63) is 15.0 Å². The number of hydrogen-bond acceptors (Lipinski definition) is 3. The molecule has 120 valence electrons. The minimum atomic E-state index is -4.57. The van der Waals surface area contributed by atoms with E-state index in [1.165, 1.54) is 7.11 Å². The molecule has 0 saturated heterocycles. The zero-order valence-electron chi connectivity index (χ0n) is 12.1. The molecule has 0 atom stereocenters. The largest absolute Gasteiger partial charge is 0.491 e. The van der Waals surface area contributed by atoms with Gasteiger partial charge in [-0.15, -0.1) is 11.6 Å². The number of alkyl halides is 4. The van der Waals surface area contributed by atoms with E-state index in [2.05, 4.69) is 4.98 Å². The Morgan fingerprint density at radius 3 is 2.10 bits per heavy atom. The Hall–Kier alpha value is -0.440. The normalized spacial score (nSPS) is 12.4. The molecule has 1 heterocycles. The molecular weight excluding hydrogens is 421 g/mol. The molecule has 0 spiro atoms. The van der Waals surface area contributed by atoms with Gasteiger partial charge in [0, 0.05) is 5.41 Å². The highest BCUT2D eigenvalue weighted by Crippen LogP contribution is 2.45. The average Bonchev–Trinajstić information content (AvgIpc) is 2.33. The van der Waals surface area contributed by atoms with Crippen LogP contribution in [0.1, 0.15) is 32.2 Å². The van der Waals surface area contributed by atoms with Gasteiger partial charge in [0.25, 0.3) is 0 Å². The van der Waals surface area contributed by atoms with Crippen molar-refractivity contribution < 1.29 is 22.6 Å². The second-order valence-electron chi connectivity index (χ2n) is 5.27. The SMILES string of the molecule is COc1c(C(C)(C)C)nc(C(F)(F)F)c(I)c1OCCCl. The van der Waals surface area contributed by atoms with Crippen LogP contribution in [0.4, 0.5) is 13.2 Å². The van der Waals surface area contributed by atoms with E-state index in [0.29, 0.717) is 0 Å². The fourth-order valence-electron chi connectivity index (χ4n) is 1.68. The first kappa shape index (κ1) is 18.6. The molecule has 0 aromatic carbocycles. The molecule has 8 heteroatoms. The molecule has 3 nitrogen and oxygen atoms in total. The highest BCUT2D eigenvalue weighted by molar-refractivity contribution is 14.1. The number of pyridine rings is 1. The van der Waals surface area contributed by atoms with E-state index in [1.807, 2.05) is 0 Å². The van der Waals surface area contributed by atoms with Gasteiger partial charge < -0.3 is 9.47 Å². The van der Waals surface area contributed by atoms with Crippen molar-refractivity contribution >= 4 is 34.2 Å². The van der Waals surface area contributed by atoms with Crippen LogP contribution in [-0.2, 0) is 11.6 Å². The summed E-state index contributed by atoms with van der Waals surface area (Å²) in [6.45, 7) is 5.36. The Bertz CT molecular complexity index is 516. The average molecular weight is 438 g/mol. The zero-order chi connectivity index (χ0) is 16.4. The molecular formula is C13H16ClF3INO2. The molecule has 0 N–H and O–H groups in total. The van der Waals surface area contributed by atoms with Crippen molar-refractivity contribution in [1.82, 2.24) is 4.98 Å². The molecule has 0 unspecified atom stereocenters. The van der Waals surface area contributed by atoms with Crippen molar-refractivity contribution in [3.63, 3.8) is 0 Å².